The minimum absolute atomic E-state index is 0.248. The summed E-state index contributed by atoms with van der Waals surface area (Å²) >= 11 is 0. The molecule has 5 heteroatoms. The lowest BCUT2D eigenvalue weighted by Gasteiger charge is -2.23. The van der Waals surface area contributed by atoms with Crippen LogP contribution in [0.2, 0.25) is 0 Å². The van der Waals surface area contributed by atoms with Crippen LogP contribution in [0.3, 0.4) is 0 Å². The Morgan fingerprint density at radius 2 is 2.06 bits per heavy atom. The van der Waals surface area contributed by atoms with E-state index >= 15 is 0 Å². The first-order valence-electron chi connectivity index (χ1n) is 6.64. The van der Waals surface area contributed by atoms with Gasteiger partial charge in [0, 0.05) is 12.1 Å². The highest BCUT2D eigenvalue weighted by molar-refractivity contribution is 5.43. The first kappa shape index (κ1) is 12.9. The number of ether oxygens (including phenoxy) is 1. The fraction of sp³-hybridized carbons (Fsp3) is 0.692. The van der Waals surface area contributed by atoms with Crippen LogP contribution in [-0.4, -0.2) is 23.1 Å². The average Bonchev–Trinajstić information content (AvgIpc) is 2.54. The quantitative estimate of drug-likeness (QED) is 0.806. The van der Waals surface area contributed by atoms with Gasteiger partial charge in [-0.15, -0.1) is 0 Å². The minimum Gasteiger partial charge on any atom is -0.481 e. The molecule has 1 aromatic rings. The number of methoxy groups -OCH3 is 1. The summed E-state index contributed by atoms with van der Waals surface area (Å²) in [5.74, 6) is 2.18. The molecule has 0 bridgehead atoms. The molecular formula is C13H22N4O. The summed E-state index contributed by atoms with van der Waals surface area (Å²) in [7, 11) is 1.58. The molecule has 0 aliphatic heterocycles. The van der Waals surface area contributed by atoms with Crippen molar-refractivity contribution in [2.45, 2.75) is 45.1 Å². The zero-order chi connectivity index (χ0) is 13.0. The summed E-state index contributed by atoms with van der Waals surface area (Å²) in [4.78, 5) is 8.20. The lowest BCUT2D eigenvalue weighted by atomic mass is 9.97. The van der Waals surface area contributed by atoms with E-state index in [0.29, 0.717) is 17.8 Å². The molecule has 1 saturated carbocycles. The highest BCUT2D eigenvalue weighted by Crippen LogP contribution is 2.26. The van der Waals surface area contributed by atoms with Gasteiger partial charge in [0.25, 0.3) is 0 Å². The van der Waals surface area contributed by atoms with Crippen LogP contribution in [0.25, 0.3) is 0 Å². The van der Waals surface area contributed by atoms with Gasteiger partial charge in [-0.2, -0.15) is 9.97 Å². The molecule has 1 aliphatic carbocycles. The minimum atomic E-state index is 0.248. The Morgan fingerprint density at radius 1 is 1.28 bits per heavy atom. The van der Waals surface area contributed by atoms with Crippen molar-refractivity contribution in [1.82, 2.24) is 9.97 Å². The van der Waals surface area contributed by atoms with E-state index in [2.05, 4.69) is 22.2 Å². The van der Waals surface area contributed by atoms with Gasteiger partial charge in [-0.1, -0.05) is 26.2 Å². The SMILES string of the molecule is COc1cc(NC2CCCCCC2C)nc(N)n1. The lowest BCUT2D eigenvalue weighted by molar-refractivity contribution is 0.397. The molecule has 18 heavy (non-hydrogen) atoms. The Labute approximate surface area is 108 Å². The number of nitrogens with one attached hydrogen (secondary N) is 1. The maximum Gasteiger partial charge on any atom is 0.225 e. The first-order valence-corrected chi connectivity index (χ1v) is 6.64. The Balaban J connectivity index is 2.09. The van der Waals surface area contributed by atoms with Gasteiger partial charge in [0.1, 0.15) is 5.82 Å². The summed E-state index contributed by atoms with van der Waals surface area (Å²) < 4.78 is 5.11. The van der Waals surface area contributed by atoms with Crippen molar-refractivity contribution in [3.8, 4) is 5.88 Å². The number of anilines is 2. The van der Waals surface area contributed by atoms with Crippen LogP contribution in [0.1, 0.15) is 39.0 Å². The van der Waals surface area contributed by atoms with Gasteiger partial charge < -0.3 is 15.8 Å². The Kier molecular flexibility index (Phi) is 4.23. The third-order valence-electron chi connectivity index (χ3n) is 3.62. The van der Waals surface area contributed by atoms with Crippen molar-refractivity contribution in [3.05, 3.63) is 6.07 Å². The van der Waals surface area contributed by atoms with Gasteiger partial charge in [0.2, 0.25) is 11.8 Å². The molecule has 2 rings (SSSR count). The molecule has 0 saturated heterocycles. The van der Waals surface area contributed by atoms with Gasteiger partial charge in [0.05, 0.1) is 7.11 Å². The second kappa shape index (κ2) is 5.89. The Bertz CT molecular complexity index is 397. The van der Waals surface area contributed by atoms with Crippen LogP contribution in [-0.2, 0) is 0 Å². The Hall–Kier alpha value is -1.52. The van der Waals surface area contributed by atoms with Gasteiger partial charge in [-0.25, -0.2) is 0 Å². The van der Waals surface area contributed by atoms with Crippen LogP contribution in [0, 0.1) is 5.92 Å². The third kappa shape index (κ3) is 3.24. The molecule has 5 nitrogen and oxygen atoms in total. The fourth-order valence-corrected chi connectivity index (χ4v) is 2.52. The molecule has 1 heterocycles. The zero-order valence-electron chi connectivity index (χ0n) is 11.1. The van der Waals surface area contributed by atoms with E-state index in [0.717, 1.165) is 5.82 Å². The number of hydrogen-bond acceptors (Lipinski definition) is 5. The molecule has 2 atom stereocenters. The molecule has 2 unspecified atom stereocenters. The second-order valence-electron chi connectivity index (χ2n) is 5.02. The summed E-state index contributed by atoms with van der Waals surface area (Å²) in [5, 5.41) is 3.48. The fourth-order valence-electron chi connectivity index (χ4n) is 2.52. The van der Waals surface area contributed by atoms with Crippen LogP contribution in [0.4, 0.5) is 11.8 Å². The Morgan fingerprint density at radius 3 is 2.83 bits per heavy atom. The van der Waals surface area contributed by atoms with Crippen LogP contribution >= 0.6 is 0 Å². The molecule has 3 N–H and O–H groups in total. The molecule has 0 radical (unpaired) electrons. The molecule has 0 aromatic carbocycles. The summed E-state index contributed by atoms with van der Waals surface area (Å²) in [6, 6.07) is 2.26. The smallest absolute Gasteiger partial charge is 0.225 e. The predicted octanol–water partition coefficient (Wildman–Crippen LogP) is 2.45. The molecule has 1 aromatic heterocycles. The van der Waals surface area contributed by atoms with Crippen molar-refractivity contribution in [2.24, 2.45) is 5.92 Å². The first-order chi connectivity index (χ1) is 8.69. The number of aromatic nitrogens is 2. The number of nitrogen functional groups attached to an aromatic ring is 1. The highest BCUT2D eigenvalue weighted by atomic mass is 16.5. The van der Waals surface area contributed by atoms with E-state index in [-0.39, 0.29) is 5.95 Å². The van der Waals surface area contributed by atoms with Crippen molar-refractivity contribution in [1.29, 1.82) is 0 Å². The largest absolute Gasteiger partial charge is 0.481 e. The molecule has 0 spiro atoms. The third-order valence-corrected chi connectivity index (χ3v) is 3.62. The number of hydrogen-bond donors (Lipinski definition) is 2. The van der Waals surface area contributed by atoms with Gasteiger partial charge in [-0.3, -0.25) is 0 Å². The lowest BCUT2D eigenvalue weighted by Crippen LogP contribution is -2.26. The monoisotopic (exact) mass is 250 g/mol. The summed E-state index contributed by atoms with van der Waals surface area (Å²) in [6.07, 6.45) is 6.40. The van der Waals surface area contributed by atoms with E-state index in [1.54, 1.807) is 13.2 Å². The maximum absolute atomic E-state index is 5.66. The molecule has 0 amide bonds. The van der Waals surface area contributed by atoms with Crippen molar-refractivity contribution in [2.75, 3.05) is 18.2 Å². The predicted molar refractivity (Wildman–Crippen MR) is 72.7 cm³/mol. The van der Waals surface area contributed by atoms with Gasteiger partial charge >= 0.3 is 0 Å². The standard InChI is InChI=1S/C13H22N4O/c1-9-6-4-3-5-7-10(9)15-11-8-12(18-2)17-13(14)16-11/h8-10H,3-7H2,1-2H3,(H3,14,15,16,17). The van der Waals surface area contributed by atoms with Crippen molar-refractivity contribution >= 4 is 11.8 Å². The van der Waals surface area contributed by atoms with Crippen LogP contribution < -0.4 is 15.8 Å². The zero-order valence-corrected chi connectivity index (χ0v) is 11.1. The van der Waals surface area contributed by atoms with Gasteiger partial charge in [0.15, 0.2) is 0 Å². The van der Waals surface area contributed by atoms with Crippen molar-refractivity contribution < 1.29 is 4.74 Å². The average molecular weight is 250 g/mol. The van der Waals surface area contributed by atoms with E-state index in [1.807, 2.05) is 0 Å². The number of rotatable bonds is 3. The summed E-state index contributed by atoms with van der Waals surface area (Å²) in [5.41, 5.74) is 5.66. The number of nitrogens with zero attached hydrogens (tertiary/aromatic N) is 2. The van der Waals surface area contributed by atoms with Crippen LogP contribution in [0.15, 0.2) is 6.07 Å². The number of nitrogens with two attached hydrogens (primary N) is 1. The van der Waals surface area contributed by atoms with Gasteiger partial charge in [-0.05, 0) is 18.8 Å². The van der Waals surface area contributed by atoms with Crippen LogP contribution in [0.5, 0.6) is 5.88 Å². The second-order valence-corrected chi connectivity index (χ2v) is 5.02. The molecule has 1 fully saturated rings. The van der Waals surface area contributed by atoms with E-state index in [1.165, 1.54) is 32.1 Å². The maximum atomic E-state index is 5.66. The normalized spacial score (nSPS) is 24.3. The van der Waals surface area contributed by atoms with E-state index < -0.39 is 0 Å². The molecular weight excluding hydrogens is 228 g/mol. The highest BCUT2D eigenvalue weighted by Gasteiger charge is 2.20. The topological polar surface area (TPSA) is 73.1 Å². The molecule has 100 valence electrons. The summed E-state index contributed by atoms with van der Waals surface area (Å²) in [6.45, 7) is 2.30. The molecule has 1 aliphatic rings. The van der Waals surface area contributed by atoms with E-state index in [4.69, 9.17) is 10.5 Å². The van der Waals surface area contributed by atoms with Crippen molar-refractivity contribution in [3.63, 3.8) is 0 Å². The van der Waals surface area contributed by atoms with E-state index in [9.17, 15) is 0 Å².